The molecule has 0 radical (unpaired) electrons. The van der Waals surface area contributed by atoms with Gasteiger partial charge in [0.05, 0.1) is 12.2 Å². The van der Waals surface area contributed by atoms with Crippen LogP contribution < -0.4 is 10.6 Å². The second-order valence-corrected chi connectivity index (χ2v) is 5.22. The van der Waals surface area contributed by atoms with Crippen molar-refractivity contribution < 1.29 is 4.79 Å². The van der Waals surface area contributed by atoms with Crippen LogP contribution in [-0.2, 0) is 24.8 Å². The summed E-state index contributed by atoms with van der Waals surface area (Å²) in [5, 5.41) is 11.0. The van der Waals surface area contributed by atoms with Crippen LogP contribution in [0, 0.1) is 0 Å². The molecule has 0 fully saturated rings. The molecular weight excluding hydrogens is 288 g/mol. The maximum atomic E-state index is 11.8. The van der Waals surface area contributed by atoms with Crippen LogP contribution in [-0.4, -0.2) is 22.2 Å². The Balaban J connectivity index is 1.80. The first-order valence-corrected chi connectivity index (χ1v) is 7.24. The minimum Gasteiger partial charge on any atom is -0.325 e. The third-order valence-corrected chi connectivity index (χ3v) is 3.31. The van der Waals surface area contributed by atoms with Gasteiger partial charge in [-0.2, -0.15) is 5.10 Å². The minimum atomic E-state index is -0.0840. The number of amides is 1. The van der Waals surface area contributed by atoms with Gasteiger partial charge in [0.15, 0.2) is 0 Å². The van der Waals surface area contributed by atoms with Crippen molar-refractivity contribution in [3.05, 3.63) is 46.7 Å². The van der Waals surface area contributed by atoms with Gasteiger partial charge in [0.25, 0.3) is 0 Å². The number of hydrogen-bond acceptors (Lipinski definition) is 3. The highest BCUT2D eigenvalue weighted by molar-refractivity contribution is 6.30. The molecule has 21 heavy (non-hydrogen) atoms. The predicted octanol–water partition coefficient (Wildman–Crippen LogP) is 2.36. The Morgan fingerprint density at radius 1 is 1.33 bits per heavy atom. The summed E-state index contributed by atoms with van der Waals surface area (Å²) in [5.74, 6) is -0.0840. The number of carbonyl (C=O) groups is 1. The quantitative estimate of drug-likeness (QED) is 0.861. The van der Waals surface area contributed by atoms with E-state index in [-0.39, 0.29) is 12.5 Å². The van der Waals surface area contributed by atoms with Crippen molar-refractivity contribution >= 4 is 23.2 Å². The van der Waals surface area contributed by atoms with Gasteiger partial charge in [0.1, 0.15) is 0 Å². The number of hydrogen-bond donors (Lipinski definition) is 2. The van der Waals surface area contributed by atoms with E-state index in [1.54, 1.807) is 28.9 Å². The molecule has 0 bridgehead atoms. The number of aryl methyl sites for hydroxylation is 2. The molecule has 0 spiro atoms. The second-order valence-electron chi connectivity index (χ2n) is 4.79. The number of anilines is 1. The van der Waals surface area contributed by atoms with Crippen molar-refractivity contribution in [1.29, 1.82) is 0 Å². The number of carbonyl (C=O) groups excluding carboxylic acids is 1. The lowest BCUT2D eigenvalue weighted by Crippen LogP contribution is -2.27. The lowest BCUT2D eigenvalue weighted by molar-refractivity contribution is -0.115. The average Bonchev–Trinajstić information content (AvgIpc) is 2.81. The summed E-state index contributed by atoms with van der Waals surface area (Å²) in [6.07, 6.45) is 2.86. The Hall–Kier alpha value is -1.85. The molecule has 1 amide bonds. The number of rotatable bonds is 6. The van der Waals surface area contributed by atoms with Gasteiger partial charge in [-0.3, -0.25) is 9.48 Å². The van der Waals surface area contributed by atoms with E-state index in [1.807, 2.05) is 13.2 Å². The molecule has 0 atom stereocenters. The fourth-order valence-corrected chi connectivity index (χ4v) is 2.20. The summed E-state index contributed by atoms with van der Waals surface area (Å²) in [4.78, 5) is 11.8. The van der Waals surface area contributed by atoms with Gasteiger partial charge in [-0.1, -0.05) is 18.5 Å². The van der Waals surface area contributed by atoms with Gasteiger partial charge in [0.2, 0.25) is 5.91 Å². The summed E-state index contributed by atoms with van der Waals surface area (Å²) in [7, 11) is 1.90. The monoisotopic (exact) mass is 306 g/mol. The lowest BCUT2D eigenvalue weighted by atomic mass is 10.2. The number of nitrogens with one attached hydrogen (secondary N) is 2. The van der Waals surface area contributed by atoms with E-state index >= 15 is 0 Å². The number of halogens is 1. The highest BCUT2D eigenvalue weighted by atomic mass is 35.5. The molecule has 2 aromatic rings. The predicted molar refractivity (Wildman–Crippen MR) is 84.4 cm³/mol. The zero-order chi connectivity index (χ0) is 15.2. The van der Waals surface area contributed by atoms with Crippen LogP contribution >= 0.6 is 11.6 Å². The van der Waals surface area contributed by atoms with Crippen LogP contribution in [0.25, 0.3) is 0 Å². The topological polar surface area (TPSA) is 59.0 Å². The van der Waals surface area contributed by atoms with E-state index in [2.05, 4.69) is 22.7 Å². The maximum Gasteiger partial charge on any atom is 0.238 e. The first kappa shape index (κ1) is 15.5. The second kappa shape index (κ2) is 7.24. The van der Waals surface area contributed by atoms with Gasteiger partial charge in [0, 0.05) is 36.1 Å². The highest BCUT2D eigenvalue weighted by Crippen LogP contribution is 2.13. The fraction of sp³-hybridized carbons (Fsp3) is 0.333. The summed E-state index contributed by atoms with van der Waals surface area (Å²) in [5.41, 5.74) is 2.92. The van der Waals surface area contributed by atoms with Crippen LogP contribution in [0.15, 0.2) is 30.5 Å². The molecule has 1 aromatic heterocycles. The van der Waals surface area contributed by atoms with Crippen molar-refractivity contribution in [2.75, 3.05) is 11.9 Å². The molecule has 0 aliphatic carbocycles. The Morgan fingerprint density at radius 3 is 2.71 bits per heavy atom. The number of aromatic nitrogens is 2. The summed E-state index contributed by atoms with van der Waals surface area (Å²) in [6, 6.07) is 7.04. The normalized spacial score (nSPS) is 10.6. The Morgan fingerprint density at radius 2 is 2.05 bits per heavy atom. The van der Waals surface area contributed by atoms with Crippen molar-refractivity contribution in [3.8, 4) is 0 Å². The minimum absolute atomic E-state index is 0.0840. The first-order chi connectivity index (χ1) is 10.1. The van der Waals surface area contributed by atoms with Gasteiger partial charge in [-0.05, 0) is 30.7 Å². The fourth-order valence-electron chi connectivity index (χ4n) is 2.08. The van der Waals surface area contributed by atoms with Gasteiger partial charge < -0.3 is 10.6 Å². The van der Waals surface area contributed by atoms with Crippen molar-refractivity contribution in [2.24, 2.45) is 7.05 Å². The largest absolute Gasteiger partial charge is 0.325 e. The molecule has 2 N–H and O–H groups in total. The molecule has 6 heteroatoms. The molecule has 0 aliphatic rings. The molecule has 2 rings (SSSR count). The van der Waals surface area contributed by atoms with Crippen LogP contribution in [0.1, 0.15) is 18.2 Å². The summed E-state index contributed by atoms with van der Waals surface area (Å²) >= 11 is 5.80. The number of nitrogens with zero attached hydrogens (tertiary/aromatic N) is 2. The van der Waals surface area contributed by atoms with E-state index in [0.29, 0.717) is 11.6 Å². The third-order valence-electron chi connectivity index (χ3n) is 3.06. The van der Waals surface area contributed by atoms with Crippen molar-refractivity contribution in [1.82, 2.24) is 15.1 Å². The van der Waals surface area contributed by atoms with E-state index in [1.165, 1.54) is 0 Å². The van der Waals surface area contributed by atoms with E-state index in [0.717, 1.165) is 23.4 Å². The molecule has 5 nitrogen and oxygen atoms in total. The SMILES string of the molecule is CCc1nn(C)cc1CNCC(=O)Nc1ccc(Cl)cc1. The van der Waals surface area contributed by atoms with Crippen LogP contribution in [0.4, 0.5) is 5.69 Å². The molecule has 0 aliphatic heterocycles. The van der Waals surface area contributed by atoms with Crippen molar-refractivity contribution in [2.45, 2.75) is 19.9 Å². The molecular formula is C15H19ClN4O. The molecule has 0 saturated heterocycles. The van der Waals surface area contributed by atoms with Crippen LogP contribution in [0.2, 0.25) is 5.02 Å². The van der Waals surface area contributed by atoms with Crippen molar-refractivity contribution in [3.63, 3.8) is 0 Å². The zero-order valence-electron chi connectivity index (χ0n) is 12.2. The van der Waals surface area contributed by atoms with Crippen LogP contribution in [0.5, 0.6) is 0 Å². The van der Waals surface area contributed by atoms with Gasteiger partial charge >= 0.3 is 0 Å². The lowest BCUT2D eigenvalue weighted by Gasteiger charge is -2.06. The van der Waals surface area contributed by atoms with Gasteiger partial charge in [-0.25, -0.2) is 0 Å². The summed E-state index contributed by atoms with van der Waals surface area (Å²) in [6.45, 7) is 2.95. The standard InChI is InChI=1S/C15H19ClN4O/c1-3-14-11(10-20(2)19-14)8-17-9-15(21)18-13-6-4-12(16)5-7-13/h4-7,10,17H,3,8-9H2,1-2H3,(H,18,21). The average molecular weight is 307 g/mol. The molecule has 1 aromatic carbocycles. The number of benzene rings is 1. The molecule has 0 saturated carbocycles. The van der Waals surface area contributed by atoms with Crippen LogP contribution in [0.3, 0.4) is 0 Å². The molecule has 0 unspecified atom stereocenters. The highest BCUT2D eigenvalue weighted by Gasteiger charge is 2.07. The van der Waals surface area contributed by atoms with Gasteiger partial charge in [-0.15, -0.1) is 0 Å². The zero-order valence-corrected chi connectivity index (χ0v) is 12.9. The third kappa shape index (κ3) is 4.58. The molecule has 112 valence electrons. The maximum absolute atomic E-state index is 11.8. The van der Waals surface area contributed by atoms with E-state index in [4.69, 9.17) is 11.6 Å². The Labute approximate surface area is 129 Å². The Bertz CT molecular complexity index is 607. The van der Waals surface area contributed by atoms with E-state index < -0.39 is 0 Å². The first-order valence-electron chi connectivity index (χ1n) is 6.86. The Kier molecular flexibility index (Phi) is 5.36. The van der Waals surface area contributed by atoms with E-state index in [9.17, 15) is 4.79 Å². The smallest absolute Gasteiger partial charge is 0.238 e. The summed E-state index contributed by atoms with van der Waals surface area (Å²) < 4.78 is 1.80. The molecule has 1 heterocycles.